The van der Waals surface area contributed by atoms with Crippen molar-refractivity contribution in [2.45, 2.75) is 84.0 Å². The van der Waals surface area contributed by atoms with E-state index < -0.39 is 6.26 Å². The highest BCUT2D eigenvalue weighted by Gasteiger charge is 1.92. The van der Waals surface area contributed by atoms with Gasteiger partial charge in [0.25, 0.3) is 0 Å². The topological polar surface area (TPSA) is 17.1 Å². The van der Waals surface area contributed by atoms with Crippen LogP contribution in [0.2, 0.25) is 0 Å². The number of hydrogen-bond donors (Lipinski definition) is 0. The third-order valence-corrected chi connectivity index (χ3v) is 2.88. The first kappa shape index (κ1) is 12.7. The summed E-state index contributed by atoms with van der Waals surface area (Å²) in [6.45, 7) is 2.25. The molecule has 0 aliphatic rings. The summed E-state index contributed by atoms with van der Waals surface area (Å²) in [6, 6.07) is 0. The number of carbonyl (C=O) groups is 1. The van der Waals surface area contributed by atoms with Gasteiger partial charge in [-0.3, -0.25) is 0 Å². The first-order chi connectivity index (χ1) is 7.77. The maximum Gasteiger partial charge on any atom is 0.119 e. The monoisotopic (exact) mass is 213 g/mol. The first-order valence-corrected chi connectivity index (χ1v) is 6.76. The summed E-state index contributed by atoms with van der Waals surface area (Å²) < 4.78 is 6.77. The van der Waals surface area contributed by atoms with Crippen molar-refractivity contribution in [1.29, 1.82) is 0 Å². The zero-order valence-corrected chi connectivity index (χ0v) is 10.4. The average Bonchev–Trinajstić information content (AvgIpc) is 2.25. The SMILES string of the molecule is [2H]C(=O)CCCCCCCCCCCCC. The maximum absolute atomic E-state index is 10.4. The minimum absolute atomic E-state index is 0.407. The number of aldehydes is 1. The zero-order chi connectivity index (χ0) is 12.1. The summed E-state index contributed by atoms with van der Waals surface area (Å²) in [4.78, 5) is 10.4. The van der Waals surface area contributed by atoms with Crippen molar-refractivity contribution in [1.82, 2.24) is 0 Å². The fourth-order valence-electron chi connectivity index (χ4n) is 1.86. The van der Waals surface area contributed by atoms with Gasteiger partial charge in [0.15, 0.2) is 0 Å². The van der Waals surface area contributed by atoms with E-state index in [1.54, 1.807) is 0 Å². The third-order valence-electron chi connectivity index (χ3n) is 2.88. The fraction of sp³-hybridized carbons (Fsp3) is 0.929. The van der Waals surface area contributed by atoms with E-state index in [2.05, 4.69) is 6.92 Å². The van der Waals surface area contributed by atoms with Crippen LogP contribution in [0.1, 0.15) is 85.3 Å². The van der Waals surface area contributed by atoms with Gasteiger partial charge in [0, 0.05) is 6.42 Å². The summed E-state index contributed by atoms with van der Waals surface area (Å²) in [5, 5.41) is 0. The molecular weight excluding hydrogens is 184 g/mol. The number of unbranched alkanes of at least 4 members (excludes halogenated alkanes) is 10. The van der Waals surface area contributed by atoms with Crippen molar-refractivity contribution in [2.24, 2.45) is 0 Å². The van der Waals surface area contributed by atoms with Crippen LogP contribution in [0.4, 0.5) is 0 Å². The van der Waals surface area contributed by atoms with E-state index in [0.29, 0.717) is 6.42 Å². The molecule has 0 bridgehead atoms. The summed E-state index contributed by atoms with van der Waals surface area (Å²) >= 11 is 0. The Labute approximate surface area is 97.0 Å². The largest absolute Gasteiger partial charge is 0.303 e. The fourth-order valence-corrected chi connectivity index (χ4v) is 1.86. The molecule has 1 heteroatoms. The quantitative estimate of drug-likeness (QED) is 0.333. The van der Waals surface area contributed by atoms with Crippen LogP contribution in [-0.4, -0.2) is 6.26 Å². The van der Waals surface area contributed by atoms with Crippen molar-refractivity contribution >= 4 is 6.26 Å². The van der Waals surface area contributed by atoms with E-state index in [1.807, 2.05) is 0 Å². The van der Waals surface area contributed by atoms with Crippen molar-refractivity contribution in [3.63, 3.8) is 0 Å². The highest BCUT2D eigenvalue weighted by atomic mass is 16.1. The number of rotatable bonds is 12. The van der Waals surface area contributed by atoms with E-state index in [4.69, 9.17) is 1.37 Å². The van der Waals surface area contributed by atoms with Crippen LogP contribution < -0.4 is 0 Å². The molecule has 0 amide bonds. The molecule has 0 atom stereocenters. The van der Waals surface area contributed by atoms with Crippen LogP contribution in [0.5, 0.6) is 0 Å². The average molecular weight is 213 g/mol. The molecule has 0 heterocycles. The smallest absolute Gasteiger partial charge is 0.119 e. The molecule has 1 nitrogen and oxygen atoms in total. The molecule has 90 valence electrons. The number of carbonyl (C=O) groups excluding carboxylic acids is 1. The summed E-state index contributed by atoms with van der Waals surface area (Å²) in [7, 11) is 0. The lowest BCUT2D eigenvalue weighted by Crippen LogP contribution is -1.82. The van der Waals surface area contributed by atoms with Crippen molar-refractivity contribution in [3.05, 3.63) is 0 Å². The zero-order valence-electron chi connectivity index (χ0n) is 11.4. The Kier molecular flexibility index (Phi) is 11.6. The molecule has 0 unspecified atom stereocenters. The van der Waals surface area contributed by atoms with Crippen LogP contribution in [0.25, 0.3) is 0 Å². The Morgan fingerprint density at radius 3 is 1.60 bits per heavy atom. The molecule has 0 spiro atoms. The second kappa shape index (κ2) is 13.7. The Bertz CT molecular complexity index is 157. The van der Waals surface area contributed by atoms with Crippen molar-refractivity contribution in [3.8, 4) is 0 Å². The second-order valence-electron chi connectivity index (χ2n) is 4.43. The van der Waals surface area contributed by atoms with Crippen LogP contribution in [0, 0.1) is 0 Å². The minimum Gasteiger partial charge on any atom is -0.303 e. The van der Waals surface area contributed by atoms with Crippen LogP contribution >= 0.6 is 0 Å². The van der Waals surface area contributed by atoms with Gasteiger partial charge in [-0.2, -0.15) is 0 Å². The van der Waals surface area contributed by atoms with E-state index in [-0.39, 0.29) is 0 Å². The van der Waals surface area contributed by atoms with Gasteiger partial charge in [-0.25, -0.2) is 0 Å². The normalized spacial score (nSPS) is 11.4. The van der Waals surface area contributed by atoms with Crippen molar-refractivity contribution < 1.29 is 6.17 Å². The predicted octanol–water partition coefficient (Wildman–Crippen LogP) is 4.89. The molecule has 0 radical (unpaired) electrons. The molecule has 0 rings (SSSR count). The minimum atomic E-state index is -0.407. The van der Waals surface area contributed by atoms with Gasteiger partial charge >= 0.3 is 0 Å². The Balaban J connectivity index is 2.90. The Morgan fingerprint density at radius 1 is 0.800 bits per heavy atom. The maximum atomic E-state index is 10.4. The molecule has 0 saturated carbocycles. The van der Waals surface area contributed by atoms with E-state index in [1.165, 1.54) is 57.8 Å². The third kappa shape index (κ3) is 13.7. The lowest BCUT2D eigenvalue weighted by atomic mass is 10.1. The van der Waals surface area contributed by atoms with E-state index in [0.717, 1.165) is 12.8 Å². The van der Waals surface area contributed by atoms with Crippen LogP contribution in [0.15, 0.2) is 0 Å². The van der Waals surface area contributed by atoms with E-state index >= 15 is 0 Å². The Morgan fingerprint density at radius 2 is 1.20 bits per heavy atom. The molecule has 15 heavy (non-hydrogen) atoms. The highest BCUT2D eigenvalue weighted by Crippen LogP contribution is 2.11. The molecule has 0 fully saturated rings. The molecule has 0 aromatic rings. The number of hydrogen-bond acceptors (Lipinski definition) is 1. The first-order valence-electron chi connectivity index (χ1n) is 7.26. The van der Waals surface area contributed by atoms with Crippen LogP contribution in [-0.2, 0) is 4.79 Å². The van der Waals surface area contributed by atoms with Gasteiger partial charge in [0.1, 0.15) is 7.63 Å². The molecule has 0 N–H and O–H groups in total. The standard InChI is InChI=1S/C14H28O/c1-2-3-4-5-6-7-8-9-10-11-12-13-14-15/h14H,2-13H2,1H3/i14D. The summed E-state index contributed by atoms with van der Waals surface area (Å²) in [6.07, 6.45) is 14.3. The summed E-state index contributed by atoms with van der Waals surface area (Å²) in [5.41, 5.74) is 0. The van der Waals surface area contributed by atoms with Gasteiger partial charge < -0.3 is 4.79 Å². The molecule has 0 aliphatic heterocycles. The Hall–Kier alpha value is -0.330. The molecule has 0 aliphatic carbocycles. The van der Waals surface area contributed by atoms with E-state index in [9.17, 15) is 4.79 Å². The second-order valence-corrected chi connectivity index (χ2v) is 4.43. The lowest BCUT2D eigenvalue weighted by Gasteiger charge is -2.01. The summed E-state index contributed by atoms with van der Waals surface area (Å²) in [5.74, 6) is 0. The van der Waals surface area contributed by atoms with Gasteiger partial charge in [-0.15, -0.1) is 0 Å². The predicted molar refractivity (Wildman–Crippen MR) is 67.1 cm³/mol. The van der Waals surface area contributed by atoms with Gasteiger partial charge in [0.05, 0.1) is 0 Å². The lowest BCUT2D eigenvalue weighted by molar-refractivity contribution is -0.107. The molecular formula is C14H28O. The highest BCUT2D eigenvalue weighted by molar-refractivity contribution is 5.48. The molecule has 0 aromatic heterocycles. The molecule has 0 saturated heterocycles. The van der Waals surface area contributed by atoms with Crippen LogP contribution in [0.3, 0.4) is 0 Å². The molecule has 0 aromatic carbocycles. The van der Waals surface area contributed by atoms with Gasteiger partial charge in [-0.1, -0.05) is 71.1 Å². The van der Waals surface area contributed by atoms with Gasteiger partial charge in [0.2, 0.25) is 0 Å². The van der Waals surface area contributed by atoms with Gasteiger partial charge in [-0.05, 0) is 6.42 Å². The van der Waals surface area contributed by atoms with Crippen molar-refractivity contribution in [2.75, 3.05) is 0 Å².